The van der Waals surface area contributed by atoms with E-state index in [9.17, 15) is 13.6 Å². The van der Waals surface area contributed by atoms with Crippen molar-refractivity contribution in [2.75, 3.05) is 6.54 Å². The van der Waals surface area contributed by atoms with Gasteiger partial charge in [0.25, 0.3) is 5.91 Å². The van der Waals surface area contributed by atoms with Gasteiger partial charge in [0.05, 0.1) is 0 Å². The van der Waals surface area contributed by atoms with Gasteiger partial charge in [-0.3, -0.25) is 4.79 Å². The first-order valence-corrected chi connectivity index (χ1v) is 4.82. The molecule has 1 rings (SSSR count). The molecule has 0 unspecified atom stereocenters. The zero-order valence-electron chi connectivity index (χ0n) is 8.59. The fourth-order valence-electron chi connectivity index (χ4n) is 1.13. The Labute approximate surface area is 92.7 Å². The van der Waals surface area contributed by atoms with Gasteiger partial charge < -0.3 is 5.32 Å². The van der Waals surface area contributed by atoms with E-state index in [1.807, 2.05) is 0 Å². The van der Waals surface area contributed by atoms with E-state index in [1.54, 1.807) is 0 Å². The standard InChI is InChI=1S/C12H11F2NO/c1-2-3-4-7-15-12(16)9-5-6-10(13)11(14)8-9/h1,5-6,8H,3-4,7H2,(H,15,16). The van der Waals surface area contributed by atoms with Crippen LogP contribution < -0.4 is 5.32 Å². The van der Waals surface area contributed by atoms with Gasteiger partial charge in [-0.25, -0.2) is 8.78 Å². The molecule has 0 spiro atoms. The molecule has 0 heterocycles. The molecule has 16 heavy (non-hydrogen) atoms. The Kier molecular flexibility index (Phi) is 4.46. The highest BCUT2D eigenvalue weighted by Gasteiger charge is 2.08. The predicted octanol–water partition coefficient (Wildman–Crippen LogP) is 2.11. The molecule has 84 valence electrons. The highest BCUT2D eigenvalue weighted by Crippen LogP contribution is 2.08. The number of hydrogen-bond donors (Lipinski definition) is 1. The molecule has 4 heteroatoms. The van der Waals surface area contributed by atoms with Crippen LogP contribution in [-0.2, 0) is 0 Å². The molecule has 0 aromatic heterocycles. The molecule has 0 atom stereocenters. The minimum Gasteiger partial charge on any atom is -0.352 e. The summed E-state index contributed by atoms with van der Waals surface area (Å²) in [4.78, 5) is 11.4. The lowest BCUT2D eigenvalue weighted by molar-refractivity contribution is 0.0953. The summed E-state index contributed by atoms with van der Waals surface area (Å²) in [5.74, 6) is 0.00271. The topological polar surface area (TPSA) is 29.1 Å². The van der Waals surface area contributed by atoms with Crippen LogP contribution in [0.1, 0.15) is 23.2 Å². The zero-order chi connectivity index (χ0) is 12.0. The Hall–Kier alpha value is -1.89. The number of unbranched alkanes of at least 4 members (excludes halogenated alkanes) is 1. The van der Waals surface area contributed by atoms with Gasteiger partial charge in [-0.1, -0.05) is 0 Å². The molecule has 2 nitrogen and oxygen atoms in total. The van der Waals surface area contributed by atoms with Crippen molar-refractivity contribution in [2.45, 2.75) is 12.8 Å². The van der Waals surface area contributed by atoms with E-state index in [0.29, 0.717) is 19.4 Å². The van der Waals surface area contributed by atoms with Crippen LogP contribution in [0, 0.1) is 24.0 Å². The maximum absolute atomic E-state index is 12.8. The van der Waals surface area contributed by atoms with E-state index in [4.69, 9.17) is 6.42 Å². The Morgan fingerprint density at radius 2 is 2.12 bits per heavy atom. The number of carbonyl (C=O) groups excluding carboxylic acids is 1. The fraction of sp³-hybridized carbons (Fsp3) is 0.250. The largest absolute Gasteiger partial charge is 0.352 e. The van der Waals surface area contributed by atoms with Crippen molar-refractivity contribution in [1.29, 1.82) is 0 Å². The Balaban J connectivity index is 2.53. The van der Waals surface area contributed by atoms with Crippen LogP contribution in [0.5, 0.6) is 0 Å². The van der Waals surface area contributed by atoms with Crippen LogP contribution in [0.4, 0.5) is 8.78 Å². The number of hydrogen-bond acceptors (Lipinski definition) is 1. The van der Waals surface area contributed by atoms with Gasteiger partial charge >= 0.3 is 0 Å². The summed E-state index contributed by atoms with van der Waals surface area (Å²) in [6.45, 7) is 0.419. The average Bonchev–Trinajstić information content (AvgIpc) is 2.28. The molecule has 0 radical (unpaired) electrons. The summed E-state index contributed by atoms with van der Waals surface area (Å²) in [6.07, 6.45) is 6.27. The van der Waals surface area contributed by atoms with Crippen LogP contribution >= 0.6 is 0 Å². The molecular weight excluding hydrogens is 212 g/mol. The predicted molar refractivity (Wildman–Crippen MR) is 56.8 cm³/mol. The second kappa shape index (κ2) is 5.86. The molecule has 0 aliphatic rings. The first kappa shape index (κ1) is 12.2. The Bertz CT molecular complexity index is 424. The SMILES string of the molecule is C#CCCCNC(=O)c1ccc(F)c(F)c1. The molecule has 0 saturated carbocycles. The van der Waals surface area contributed by atoms with Gasteiger partial charge in [0, 0.05) is 18.5 Å². The zero-order valence-corrected chi connectivity index (χ0v) is 8.59. The number of halogens is 2. The summed E-state index contributed by atoms with van der Waals surface area (Å²) >= 11 is 0. The number of amides is 1. The summed E-state index contributed by atoms with van der Waals surface area (Å²) in [5.41, 5.74) is 0.0969. The number of terminal acetylenes is 1. The van der Waals surface area contributed by atoms with Gasteiger partial charge in [-0.2, -0.15) is 0 Å². The molecule has 1 aromatic rings. The van der Waals surface area contributed by atoms with Gasteiger partial charge in [-0.15, -0.1) is 12.3 Å². The maximum Gasteiger partial charge on any atom is 0.251 e. The molecule has 0 bridgehead atoms. The summed E-state index contributed by atoms with van der Waals surface area (Å²) in [5, 5.41) is 2.56. The molecule has 1 N–H and O–H groups in total. The van der Waals surface area contributed by atoms with Gasteiger partial charge in [0.15, 0.2) is 11.6 Å². The summed E-state index contributed by atoms with van der Waals surface area (Å²) in [6, 6.07) is 3.02. The van der Waals surface area contributed by atoms with Gasteiger partial charge in [0.1, 0.15) is 0 Å². The Morgan fingerprint density at radius 1 is 1.38 bits per heavy atom. The molecule has 0 fully saturated rings. The lowest BCUT2D eigenvalue weighted by Crippen LogP contribution is -2.24. The van der Waals surface area contributed by atoms with Crippen molar-refractivity contribution in [1.82, 2.24) is 5.32 Å². The molecule has 0 aliphatic carbocycles. The number of benzene rings is 1. The highest BCUT2D eigenvalue weighted by molar-refractivity contribution is 5.94. The normalized spacial score (nSPS) is 9.56. The molecule has 0 aliphatic heterocycles. The molecule has 1 amide bonds. The first-order valence-electron chi connectivity index (χ1n) is 4.82. The highest BCUT2D eigenvalue weighted by atomic mass is 19.2. The summed E-state index contributed by atoms with van der Waals surface area (Å²) in [7, 11) is 0. The van der Waals surface area contributed by atoms with Crippen molar-refractivity contribution in [2.24, 2.45) is 0 Å². The third-order valence-corrected chi connectivity index (χ3v) is 1.97. The lowest BCUT2D eigenvalue weighted by Gasteiger charge is -2.04. The van der Waals surface area contributed by atoms with E-state index in [-0.39, 0.29) is 5.56 Å². The summed E-state index contributed by atoms with van der Waals surface area (Å²) < 4.78 is 25.4. The van der Waals surface area contributed by atoms with Gasteiger partial charge in [-0.05, 0) is 24.6 Å². The van der Waals surface area contributed by atoms with Crippen molar-refractivity contribution in [3.05, 3.63) is 35.4 Å². The van der Waals surface area contributed by atoms with E-state index < -0.39 is 17.5 Å². The van der Waals surface area contributed by atoms with E-state index >= 15 is 0 Å². The second-order valence-corrected chi connectivity index (χ2v) is 3.19. The average molecular weight is 223 g/mol. The minimum absolute atomic E-state index is 0.0969. The van der Waals surface area contributed by atoms with Crippen LogP contribution in [0.3, 0.4) is 0 Å². The smallest absolute Gasteiger partial charge is 0.251 e. The minimum atomic E-state index is -1.03. The number of nitrogens with one attached hydrogen (secondary N) is 1. The van der Waals surface area contributed by atoms with Gasteiger partial charge in [0.2, 0.25) is 0 Å². The third kappa shape index (κ3) is 3.35. The van der Waals surface area contributed by atoms with Crippen LogP contribution in [0.25, 0.3) is 0 Å². The Morgan fingerprint density at radius 3 is 2.75 bits per heavy atom. The van der Waals surface area contributed by atoms with E-state index in [2.05, 4.69) is 11.2 Å². The molecule has 1 aromatic carbocycles. The first-order chi connectivity index (χ1) is 7.65. The fourth-order valence-corrected chi connectivity index (χ4v) is 1.13. The van der Waals surface area contributed by atoms with E-state index in [0.717, 1.165) is 12.1 Å². The van der Waals surface area contributed by atoms with Crippen molar-refractivity contribution in [3.63, 3.8) is 0 Å². The maximum atomic E-state index is 12.8. The number of carbonyl (C=O) groups is 1. The quantitative estimate of drug-likeness (QED) is 0.614. The monoisotopic (exact) mass is 223 g/mol. The lowest BCUT2D eigenvalue weighted by atomic mass is 10.2. The van der Waals surface area contributed by atoms with Crippen molar-refractivity contribution >= 4 is 5.91 Å². The van der Waals surface area contributed by atoms with Crippen LogP contribution in [0.15, 0.2) is 18.2 Å². The number of rotatable bonds is 4. The molecule has 0 saturated heterocycles. The second-order valence-electron chi connectivity index (χ2n) is 3.19. The van der Waals surface area contributed by atoms with Crippen molar-refractivity contribution in [3.8, 4) is 12.3 Å². The van der Waals surface area contributed by atoms with E-state index in [1.165, 1.54) is 6.07 Å². The van der Waals surface area contributed by atoms with Crippen molar-refractivity contribution < 1.29 is 13.6 Å². The van der Waals surface area contributed by atoms with Crippen LogP contribution in [-0.4, -0.2) is 12.5 Å². The molecular formula is C12H11F2NO. The third-order valence-electron chi connectivity index (χ3n) is 1.97. The van der Waals surface area contributed by atoms with Crippen LogP contribution in [0.2, 0.25) is 0 Å².